The first-order valence-corrected chi connectivity index (χ1v) is 10.5. The molecule has 1 aliphatic rings. The molecule has 1 atom stereocenters. The van der Waals surface area contributed by atoms with Gasteiger partial charge in [0.15, 0.2) is 5.82 Å². The van der Waals surface area contributed by atoms with Gasteiger partial charge in [-0.3, -0.25) is 19.4 Å². The zero-order valence-corrected chi connectivity index (χ0v) is 17.9. The number of fused-ring (bicyclic) bond motifs is 3. The van der Waals surface area contributed by atoms with Crippen LogP contribution in [0, 0.1) is 11.7 Å². The second kappa shape index (κ2) is 7.77. The molecule has 4 aromatic rings. The number of hydrogen-bond donors (Lipinski definition) is 1. The van der Waals surface area contributed by atoms with Crippen LogP contribution >= 0.6 is 0 Å². The Morgan fingerprint density at radius 3 is 2.24 bits per heavy atom. The molecule has 0 spiro atoms. The number of carboxylic acids is 1. The second-order valence-electron chi connectivity index (χ2n) is 8.28. The first-order valence-electron chi connectivity index (χ1n) is 10.5. The summed E-state index contributed by atoms with van der Waals surface area (Å²) < 4.78 is 19.0. The molecule has 0 saturated heterocycles. The molecular weight excluding hydrogens is 425 g/mol. The maximum atomic E-state index is 15.7. The van der Waals surface area contributed by atoms with E-state index in [4.69, 9.17) is 5.10 Å². The minimum Gasteiger partial charge on any atom is -0.477 e. The van der Waals surface area contributed by atoms with Crippen LogP contribution in [0.15, 0.2) is 60.0 Å². The molecule has 1 aliphatic heterocycles. The minimum absolute atomic E-state index is 0.0263. The van der Waals surface area contributed by atoms with Crippen molar-refractivity contribution in [1.82, 2.24) is 24.3 Å². The zero-order chi connectivity index (χ0) is 23.3. The fourth-order valence-corrected chi connectivity index (χ4v) is 4.38. The van der Waals surface area contributed by atoms with Crippen LogP contribution in [-0.2, 0) is 6.54 Å². The molecular formula is C24H20FN5O3. The van der Waals surface area contributed by atoms with Gasteiger partial charge in [-0.05, 0) is 35.7 Å². The Balaban J connectivity index is 1.91. The number of pyridine rings is 3. The van der Waals surface area contributed by atoms with Gasteiger partial charge in [0, 0.05) is 42.1 Å². The summed E-state index contributed by atoms with van der Waals surface area (Å²) in [4.78, 5) is 32.5. The van der Waals surface area contributed by atoms with Gasteiger partial charge in [-0.1, -0.05) is 13.8 Å². The van der Waals surface area contributed by atoms with Crippen molar-refractivity contribution < 1.29 is 14.3 Å². The predicted octanol–water partition coefficient (Wildman–Crippen LogP) is 3.88. The molecule has 166 valence electrons. The van der Waals surface area contributed by atoms with Gasteiger partial charge in [-0.25, -0.2) is 9.18 Å². The third kappa shape index (κ3) is 3.24. The van der Waals surface area contributed by atoms with E-state index < -0.39 is 22.8 Å². The average Bonchev–Trinajstić information content (AvgIpc) is 3.20. The van der Waals surface area contributed by atoms with Crippen LogP contribution in [0.4, 0.5) is 4.39 Å². The Hall–Kier alpha value is -4.14. The minimum atomic E-state index is -1.46. The maximum absolute atomic E-state index is 15.7. The van der Waals surface area contributed by atoms with E-state index >= 15 is 4.39 Å². The standard InChI is InChI=1S/C24H20FN5O3/c1-13(2)17-12-30-21(22-19(25)23(31)16(24(32)33)11-29(17)22)18(14-3-7-26-8-4-14)20(28-30)15-5-9-27-10-6-15/h3-11,13,17H,12H2,1-2H3,(H,32,33)/t17-/m0/s1. The largest absolute Gasteiger partial charge is 0.477 e. The molecule has 33 heavy (non-hydrogen) atoms. The van der Waals surface area contributed by atoms with Gasteiger partial charge in [0.05, 0.1) is 18.3 Å². The topological polar surface area (TPSA) is 103 Å². The molecule has 9 heteroatoms. The smallest absolute Gasteiger partial charge is 0.341 e. The lowest BCUT2D eigenvalue weighted by molar-refractivity contribution is 0.0693. The summed E-state index contributed by atoms with van der Waals surface area (Å²) in [7, 11) is 0. The second-order valence-corrected chi connectivity index (χ2v) is 8.28. The first kappa shape index (κ1) is 20.7. The van der Waals surface area contributed by atoms with Crippen molar-refractivity contribution in [2.75, 3.05) is 0 Å². The Morgan fingerprint density at radius 2 is 1.67 bits per heavy atom. The zero-order valence-electron chi connectivity index (χ0n) is 17.9. The van der Waals surface area contributed by atoms with Crippen molar-refractivity contribution in [2.45, 2.75) is 26.4 Å². The number of aromatic carboxylic acids is 1. The van der Waals surface area contributed by atoms with Crippen LogP contribution < -0.4 is 5.43 Å². The van der Waals surface area contributed by atoms with Crippen LogP contribution in [0.25, 0.3) is 33.8 Å². The molecule has 0 aromatic carbocycles. The molecule has 5 rings (SSSR count). The van der Waals surface area contributed by atoms with Crippen LogP contribution in [0.3, 0.4) is 0 Å². The van der Waals surface area contributed by atoms with Crippen LogP contribution in [0.1, 0.15) is 30.2 Å². The lowest BCUT2D eigenvalue weighted by Crippen LogP contribution is -2.33. The summed E-state index contributed by atoms with van der Waals surface area (Å²) in [6.45, 7) is 4.32. The Morgan fingerprint density at radius 1 is 1.06 bits per heavy atom. The third-order valence-corrected chi connectivity index (χ3v) is 6.00. The highest BCUT2D eigenvalue weighted by Gasteiger charge is 2.36. The van der Waals surface area contributed by atoms with E-state index in [0.717, 1.165) is 11.1 Å². The van der Waals surface area contributed by atoms with E-state index in [-0.39, 0.29) is 17.7 Å². The quantitative estimate of drug-likeness (QED) is 0.511. The van der Waals surface area contributed by atoms with Gasteiger partial charge in [-0.15, -0.1) is 0 Å². The van der Waals surface area contributed by atoms with E-state index in [0.29, 0.717) is 23.5 Å². The first-order chi connectivity index (χ1) is 15.9. The summed E-state index contributed by atoms with van der Waals surface area (Å²) in [5, 5.41) is 14.3. The fraction of sp³-hybridized carbons (Fsp3) is 0.208. The summed E-state index contributed by atoms with van der Waals surface area (Å²) in [6, 6.07) is 6.92. The van der Waals surface area contributed by atoms with Gasteiger partial charge in [0.2, 0.25) is 5.43 Å². The Kier molecular flexibility index (Phi) is 4.88. The molecule has 0 unspecified atom stereocenters. The normalized spacial score (nSPS) is 14.7. The van der Waals surface area contributed by atoms with Gasteiger partial charge >= 0.3 is 5.97 Å². The number of carbonyl (C=O) groups is 1. The van der Waals surface area contributed by atoms with Gasteiger partial charge in [0.1, 0.15) is 17.0 Å². The molecule has 0 saturated carbocycles. The maximum Gasteiger partial charge on any atom is 0.341 e. The summed E-state index contributed by atoms with van der Waals surface area (Å²) >= 11 is 0. The molecule has 0 amide bonds. The molecule has 8 nitrogen and oxygen atoms in total. The van der Waals surface area contributed by atoms with Crippen molar-refractivity contribution in [3.8, 4) is 33.8 Å². The summed E-state index contributed by atoms with van der Waals surface area (Å²) in [5.74, 6) is -2.53. The molecule has 0 fully saturated rings. The van der Waals surface area contributed by atoms with Gasteiger partial charge in [0.25, 0.3) is 0 Å². The van der Waals surface area contributed by atoms with Gasteiger partial charge in [-0.2, -0.15) is 5.10 Å². The summed E-state index contributed by atoms with van der Waals surface area (Å²) in [5.41, 5.74) is 1.53. The monoisotopic (exact) mass is 445 g/mol. The molecule has 0 radical (unpaired) electrons. The van der Waals surface area contributed by atoms with Gasteiger partial charge < -0.3 is 9.67 Å². The number of halogens is 1. The van der Waals surface area contributed by atoms with E-state index in [1.165, 1.54) is 6.20 Å². The predicted molar refractivity (Wildman–Crippen MR) is 119 cm³/mol. The van der Waals surface area contributed by atoms with Crippen molar-refractivity contribution in [1.29, 1.82) is 0 Å². The highest BCUT2D eigenvalue weighted by Crippen LogP contribution is 2.44. The summed E-state index contributed by atoms with van der Waals surface area (Å²) in [6.07, 6.45) is 7.82. The molecule has 1 N–H and O–H groups in total. The average molecular weight is 445 g/mol. The highest BCUT2D eigenvalue weighted by molar-refractivity contribution is 5.92. The third-order valence-electron chi connectivity index (χ3n) is 6.00. The van der Waals surface area contributed by atoms with Crippen molar-refractivity contribution >= 4 is 5.97 Å². The Labute approximate surface area is 188 Å². The van der Waals surface area contributed by atoms with Crippen molar-refractivity contribution in [2.24, 2.45) is 5.92 Å². The molecule has 0 aliphatic carbocycles. The number of carboxylic acid groups (broad SMARTS) is 1. The number of aromatic nitrogens is 5. The number of rotatable bonds is 4. The Bertz CT molecular complexity index is 1430. The van der Waals surface area contributed by atoms with E-state index in [2.05, 4.69) is 9.97 Å². The van der Waals surface area contributed by atoms with Crippen LogP contribution in [0.5, 0.6) is 0 Å². The fourth-order valence-electron chi connectivity index (χ4n) is 4.38. The number of nitrogens with zero attached hydrogens (tertiary/aromatic N) is 5. The van der Waals surface area contributed by atoms with Crippen molar-refractivity contribution in [3.05, 3.63) is 76.9 Å². The number of hydrogen-bond acceptors (Lipinski definition) is 5. The highest BCUT2D eigenvalue weighted by atomic mass is 19.1. The lowest BCUT2D eigenvalue weighted by Gasteiger charge is -2.33. The molecule has 0 bridgehead atoms. The van der Waals surface area contributed by atoms with Crippen LogP contribution in [0.2, 0.25) is 0 Å². The molecule has 5 heterocycles. The van der Waals surface area contributed by atoms with E-state index in [1.54, 1.807) is 46.2 Å². The van der Waals surface area contributed by atoms with Crippen molar-refractivity contribution in [3.63, 3.8) is 0 Å². The van der Waals surface area contributed by atoms with Crippen LogP contribution in [-0.4, -0.2) is 35.4 Å². The molecule has 4 aromatic heterocycles. The SMILES string of the molecule is CC(C)[C@@H]1Cn2nc(-c3ccncc3)c(-c3ccncc3)c2-c2c(F)c(=O)c(C(=O)O)cn21. The lowest BCUT2D eigenvalue weighted by atomic mass is 9.94. The van der Waals surface area contributed by atoms with E-state index in [9.17, 15) is 14.7 Å². The van der Waals surface area contributed by atoms with E-state index in [1.807, 2.05) is 26.0 Å².